The first-order valence-corrected chi connectivity index (χ1v) is 14.5. The zero-order chi connectivity index (χ0) is 28.7. The van der Waals surface area contributed by atoms with Crippen LogP contribution in [0.5, 0.6) is 5.75 Å². The molecule has 0 spiro atoms. The summed E-state index contributed by atoms with van der Waals surface area (Å²) >= 11 is 19.0. The van der Waals surface area contributed by atoms with Crippen molar-refractivity contribution in [2.45, 2.75) is 31.3 Å². The van der Waals surface area contributed by atoms with Crippen molar-refractivity contribution in [2.75, 3.05) is 24.5 Å². The van der Waals surface area contributed by atoms with Crippen LogP contribution < -0.4 is 14.4 Å². The van der Waals surface area contributed by atoms with Crippen molar-refractivity contribution in [2.24, 2.45) is 0 Å². The third kappa shape index (κ3) is 7.16. The van der Waals surface area contributed by atoms with Gasteiger partial charge in [0.1, 0.15) is 18.3 Å². The molecular weight excluding hydrogens is 585 g/mol. The smallest absolute Gasteiger partial charge is 0.264 e. The van der Waals surface area contributed by atoms with Crippen molar-refractivity contribution < 1.29 is 22.7 Å². The van der Waals surface area contributed by atoms with Crippen molar-refractivity contribution >= 4 is 62.3 Å². The standard InChI is InChI=1S/C27H28Cl3N3O5S/c1-4-31-27(35)18(2)32(16-21-22(28)11-8-12-23(21)29)26(34)17-33(19-13-14-25(38-3)24(30)15-19)39(36,37)20-9-6-5-7-10-20/h5-15,18H,4,16-17H2,1-3H3,(H,31,35). The average molecular weight is 613 g/mol. The molecule has 0 aliphatic carbocycles. The van der Waals surface area contributed by atoms with Gasteiger partial charge in [0.15, 0.2) is 0 Å². The molecule has 1 N–H and O–H groups in total. The number of halogens is 3. The van der Waals surface area contributed by atoms with Crippen LogP contribution in [0, 0.1) is 0 Å². The van der Waals surface area contributed by atoms with Gasteiger partial charge in [0, 0.05) is 28.7 Å². The molecule has 39 heavy (non-hydrogen) atoms. The lowest BCUT2D eigenvalue weighted by Crippen LogP contribution is -2.51. The van der Waals surface area contributed by atoms with Gasteiger partial charge in [-0.1, -0.05) is 59.1 Å². The van der Waals surface area contributed by atoms with E-state index in [0.29, 0.717) is 27.9 Å². The minimum absolute atomic E-state index is 0.0257. The molecule has 1 atom stereocenters. The Morgan fingerprint density at radius 3 is 2.15 bits per heavy atom. The summed E-state index contributed by atoms with van der Waals surface area (Å²) in [7, 11) is -2.80. The van der Waals surface area contributed by atoms with Crippen LogP contribution in [0.1, 0.15) is 19.4 Å². The molecule has 0 aliphatic heterocycles. The lowest BCUT2D eigenvalue weighted by Gasteiger charge is -2.32. The summed E-state index contributed by atoms with van der Waals surface area (Å²) < 4.78 is 33.7. The van der Waals surface area contributed by atoms with Crippen LogP contribution in [0.4, 0.5) is 5.69 Å². The van der Waals surface area contributed by atoms with Crippen LogP contribution >= 0.6 is 34.8 Å². The van der Waals surface area contributed by atoms with Gasteiger partial charge in [-0.3, -0.25) is 13.9 Å². The molecule has 0 saturated heterocycles. The molecule has 0 saturated carbocycles. The first-order valence-electron chi connectivity index (χ1n) is 11.9. The fourth-order valence-corrected chi connectivity index (χ4v) is 6.01. The summed E-state index contributed by atoms with van der Waals surface area (Å²) in [6.45, 7) is 2.89. The van der Waals surface area contributed by atoms with Gasteiger partial charge < -0.3 is 15.0 Å². The summed E-state index contributed by atoms with van der Waals surface area (Å²) in [6.07, 6.45) is 0. The van der Waals surface area contributed by atoms with Gasteiger partial charge in [-0.25, -0.2) is 8.42 Å². The maximum atomic E-state index is 13.9. The van der Waals surface area contributed by atoms with Gasteiger partial charge >= 0.3 is 0 Å². The van der Waals surface area contributed by atoms with E-state index >= 15 is 0 Å². The third-order valence-corrected chi connectivity index (χ3v) is 8.73. The molecule has 3 aromatic carbocycles. The predicted octanol–water partition coefficient (Wildman–Crippen LogP) is 5.40. The van der Waals surface area contributed by atoms with E-state index in [-0.39, 0.29) is 22.2 Å². The van der Waals surface area contributed by atoms with E-state index in [1.54, 1.807) is 50.2 Å². The molecule has 0 bridgehead atoms. The minimum atomic E-state index is -4.23. The van der Waals surface area contributed by atoms with E-state index in [1.807, 2.05) is 0 Å². The van der Waals surface area contributed by atoms with Gasteiger partial charge in [-0.05, 0) is 56.3 Å². The minimum Gasteiger partial charge on any atom is -0.495 e. The number of anilines is 1. The molecule has 208 valence electrons. The highest BCUT2D eigenvalue weighted by atomic mass is 35.5. The first kappa shape index (κ1) is 30.6. The normalized spacial score (nSPS) is 11.9. The molecule has 2 amide bonds. The fourth-order valence-electron chi connectivity index (χ4n) is 3.82. The Hall–Kier alpha value is -2.98. The van der Waals surface area contributed by atoms with E-state index < -0.39 is 34.4 Å². The SMILES string of the molecule is CCNC(=O)C(C)N(Cc1c(Cl)cccc1Cl)C(=O)CN(c1ccc(OC)c(Cl)c1)S(=O)(=O)c1ccccc1. The molecule has 3 aromatic rings. The topological polar surface area (TPSA) is 96.0 Å². The molecule has 0 radical (unpaired) electrons. The van der Waals surface area contributed by atoms with Crippen LogP contribution in [0.2, 0.25) is 15.1 Å². The monoisotopic (exact) mass is 611 g/mol. The van der Waals surface area contributed by atoms with Gasteiger partial charge in [0.05, 0.1) is 22.7 Å². The molecule has 0 fully saturated rings. The second-order valence-corrected chi connectivity index (χ2v) is 11.5. The summed E-state index contributed by atoms with van der Waals surface area (Å²) in [5, 5.41) is 3.46. The molecule has 0 aromatic heterocycles. The number of nitrogens with zero attached hydrogens (tertiary/aromatic N) is 2. The number of ether oxygens (including phenoxy) is 1. The van der Waals surface area contributed by atoms with E-state index in [9.17, 15) is 18.0 Å². The van der Waals surface area contributed by atoms with Gasteiger partial charge in [0.2, 0.25) is 11.8 Å². The van der Waals surface area contributed by atoms with E-state index in [0.717, 1.165) is 4.31 Å². The molecule has 1 unspecified atom stereocenters. The Labute approximate surface area is 243 Å². The lowest BCUT2D eigenvalue weighted by atomic mass is 10.1. The van der Waals surface area contributed by atoms with Crippen LogP contribution in [0.3, 0.4) is 0 Å². The van der Waals surface area contributed by atoms with E-state index in [4.69, 9.17) is 39.5 Å². The van der Waals surface area contributed by atoms with Crippen molar-refractivity contribution in [3.8, 4) is 5.75 Å². The van der Waals surface area contributed by atoms with Crippen molar-refractivity contribution in [1.82, 2.24) is 10.2 Å². The maximum absolute atomic E-state index is 13.9. The highest BCUT2D eigenvalue weighted by molar-refractivity contribution is 7.92. The first-order chi connectivity index (χ1) is 18.5. The van der Waals surface area contributed by atoms with Crippen molar-refractivity contribution in [3.63, 3.8) is 0 Å². The number of likely N-dealkylation sites (N-methyl/N-ethyl adjacent to an activating group) is 1. The van der Waals surface area contributed by atoms with Crippen LogP contribution in [-0.2, 0) is 26.2 Å². The Bertz CT molecular complexity index is 1420. The number of hydrogen-bond acceptors (Lipinski definition) is 5. The van der Waals surface area contributed by atoms with Crippen LogP contribution in [0.15, 0.2) is 71.6 Å². The number of amides is 2. The second kappa shape index (κ2) is 13.4. The van der Waals surface area contributed by atoms with Gasteiger partial charge in [-0.15, -0.1) is 0 Å². The predicted molar refractivity (Wildman–Crippen MR) is 154 cm³/mol. The number of nitrogens with one attached hydrogen (secondary N) is 1. The molecule has 12 heteroatoms. The van der Waals surface area contributed by atoms with Gasteiger partial charge in [-0.2, -0.15) is 0 Å². The van der Waals surface area contributed by atoms with Crippen molar-refractivity contribution in [3.05, 3.63) is 87.4 Å². The zero-order valence-electron chi connectivity index (χ0n) is 21.5. The summed E-state index contributed by atoms with van der Waals surface area (Å²) in [6, 6.07) is 16.0. The average Bonchev–Trinajstić information content (AvgIpc) is 2.91. The molecule has 0 heterocycles. The number of rotatable bonds is 11. The summed E-state index contributed by atoms with van der Waals surface area (Å²) in [4.78, 5) is 27.9. The molecule has 3 rings (SSSR count). The Morgan fingerprint density at radius 2 is 1.59 bits per heavy atom. The molecular formula is C27H28Cl3N3O5S. The Kier molecular flexibility index (Phi) is 10.5. The summed E-state index contributed by atoms with van der Waals surface area (Å²) in [5.41, 5.74) is 0.565. The van der Waals surface area contributed by atoms with E-state index in [1.165, 1.54) is 42.3 Å². The zero-order valence-corrected chi connectivity index (χ0v) is 24.6. The van der Waals surface area contributed by atoms with Crippen LogP contribution in [-0.4, -0.2) is 51.4 Å². The number of methoxy groups -OCH3 is 1. The van der Waals surface area contributed by atoms with Crippen molar-refractivity contribution in [1.29, 1.82) is 0 Å². The van der Waals surface area contributed by atoms with Gasteiger partial charge in [0.25, 0.3) is 10.0 Å². The highest BCUT2D eigenvalue weighted by Crippen LogP contribution is 2.32. The number of benzene rings is 3. The molecule has 8 nitrogen and oxygen atoms in total. The molecule has 0 aliphatic rings. The number of carbonyl (C=O) groups excluding carboxylic acids is 2. The Morgan fingerprint density at radius 1 is 0.949 bits per heavy atom. The van der Waals surface area contributed by atoms with Crippen LogP contribution in [0.25, 0.3) is 0 Å². The summed E-state index contributed by atoms with van der Waals surface area (Å²) in [5.74, 6) is -0.737. The Balaban J connectivity index is 2.09. The lowest BCUT2D eigenvalue weighted by molar-refractivity contribution is -0.139. The number of sulfonamides is 1. The largest absolute Gasteiger partial charge is 0.495 e. The maximum Gasteiger partial charge on any atom is 0.264 e. The fraction of sp³-hybridized carbons (Fsp3) is 0.259. The number of hydrogen-bond donors (Lipinski definition) is 1. The third-order valence-electron chi connectivity index (χ3n) is 5.94. The van der Waals surface area contributed by atoms with E-state index in [2.05, 4.69) is 5.32 Å². The quantitative estimate of drug-likeness (QED) is 0.313. The number of carbonyl (C=O) groups is 2. The highest BCUT2D eigenvalue weighted by Gasteiger charge is 2.33. The second-order valence-electron chi connectivity index (χ2n) is 8.44.